The van der Waals surface area contributed by atoms with Crippen molar-refractivity contribution >= 4 is 51.8 Å². The van der Waals surface area contributed by atoms with Crippen molar-refractivity contribution in [1.82, 2.24) is 4.90 Å². The first-order chi connectivity index (χ1) is 14.0. The predicted octanol–water partition coefficient (Wildman–Crippen LogP) is 6.65. The lowest BCUT2D eigenvalue weighted by Crippen LogP contribution is -2.45. The van der Waals surface area contributed by atoms with Crippen LogP contribution in [0.15, 0.2) is 42.5 Å². The van der Waals surface area contributed by atoms with Gasteiger partial charge < -0.3 is 10.2 Å². The molecule has 1 N–H and O–H groups in total. The van der Waals surface area contributed by atoms with E-state index in [1.54, 1.807) is 23.1 Å². The largest absolute Gasteiger partial charge is 0.325 e. The molecule has 0 saturated carbocycles. The number of carbonyl (C=O) groups is 2. The quantitative estimate of drug-likeness (QED) is 0.398. The van der Waals surface area contributed by atoms with Gasteiger partial charge in [-0.3, -0.25) is 9.59 Å². The van der Waals surface area contributed by atoms with Crippen molar-refractivity contribution in [1.29, 1.82) is 0 Å². The Morgan fingerprint density at radius 2 is 1.87 bits per heavy atom. The van der Waals surface area contributed by atoms with Crippen molar-refractivity contribution < 1.29 is 9.59 Å². The zero-order valence-corrected chi connectivity index (χ0v) is 19.3. The molecular formula is C23H23Cl3N2O2. The van der Waals surface area contributed by atoms with Gasteiger partial charge in [0.25, 0.3) is 0 Å². The molecule has 2 amide bonds. The zero-order chi connectivity index (χ0) is 21.8. The van der Waals surface area contributed by atoms with E-state index in [1.165, 1.54) is 0 Å². The van der Waals surface area contributed by atoms with Gasteiger partial charge in [0.1, 0.15) is 5.41 Å². The van der Waals surface area contributed by atoms with Crippen LogP contribution in [0.3, 0.4) is 0 Å². The average Bonchev–Trinajstić information content (AvgIpc) is 3.10. The molecule has 4 nitrogen and oxygen atoms in total. The number of halogens is 3. The second kappa shape index (κ2) is 7.44. The van der Waals surface area contributed by atoms with E-state index >= 15 is 0 Å². The summed E-state index contributed by atoms with van der Waals surface area (Å²) >= 11 is 18.6. The molecule has 0 bridgehead atoms. The molecule has 1 spiro atoms. The van der Waals surface area contributed by atoms with Gasteiger partial charge in [-0.1, -0.05) is 62.2 Å². The summed E-state index contributed by atoms with van der Waals surface area (Å²) in [6.07, 6.45) is 0.736. The Labute approximate surface area is 191 Å². The average molecular weight is 466 g/mol. The first-order valence-electron chi connectivity index (χ1n) is 9.87. The Morgan fingerprint density at radius 1 is 1.17 bits per heavy atom. The fourth-order valence-electron chi connectivity index (χ4n) is 5.22. The molecule has 2 heterocycles. The second-order valence-corrected chi connectivity index (χ2v) is 10.5. The van der Waals surface area contributed by atoms with Gasteiger partial charge in [-0.2, -0.15) is 0 Å². The summed E-state index contributed by atoms with van der Waals surface area (Å²) in [5.41, 5.74) is 1.27. The van der Waals surface area contributed by atoms with Gasteiger partial charge >= 0.3 is 5.37 Å². The minimum absolute atomic E-state index is 0.0582. The summed E-state index contributed by atoms with van der Waals surface area (Å²) in [5, 5.41) is 3.53. The molecule has 3 atom stereocenters. The molecule has 0 aromatic heterocycles. The maximum atomic E-state index is 13.7. The zero-order valence-electron chi connectivity index (χ0n) is 17.0. The minimum atomic E-state index is -0.984. The number of rotatable bonds is 2. The van der Waals surface area contributed by atoms with Crippen LogP contribution >= 0.6 is 34.8 Å². The van der Waals surface area contributed by atoms with E-state index in [-0.39, 0.29) is 17.2 Å². The molecule has 2 aromatic carbocycles. The highest BCUT2D eigenvalue weighted by Crippen LogP contribution is 2.60. The van der Waals surface area contributed by atoms with Crippen LogP contribution in [-0.4, -0.2) is 22.7 Å². The smallest absolute Gasteiger partial charge is 0.316 e. The van der Waals surface area contributed by atoms with E-state index in [4.69, 9.17) is 34.8 Å². The number of nitrogens with one attached hydrogen (secondary N) is 1. The lowest BCUT2D eigenvalue weighted by atomic mass is 9.63. The lowest BCUT2D eigenvalue weighted by molar-refractivity contribution is -0.123. The van der Waals surface area contributed by atoms with Crippen LogP contribution in [0.4, 0.5) is 10.5 Å². The van der Waals surface area contributed by atoms with Gasteiger partial charge in [-0.05, 0) is 64.7 Å². The SMILES string of the molecule is CC(C)(C)C[C@@H]1CN(C(=O)Cl)[C@H](c2cccc(Cl)c2)[C@]12C(=O)Nc1cc(Cl)ccc12. The topological polar surface area (TPSA) is 49.4 Å². The summed E-state index contributed by atoms with van der Waals surface area (Å²) in [6, 6.07) is 12.2. The van der Waals surface area contributed by atoms with Crippen molar-refractivity contribution in [3.8, 4) is 0 Å². The number of hydrogen-bond donors (Lipinski definition) is 1. The summed E-state index contributed by atoms with van der Waals surface area (Å²) in [6.45, 7) is 6.79. The lowest BCUT2D eigenvalue weighted by Gasteiger charge is -2.38. The third-order valence-corrected chi connectivity index (χ3v) is 6.79. The third kappa shape index (κ3) is 3.39. The number of anilines is 1. The summed E-state index contributed by atoms with van der Waals surface area (Å²) in [4.78, 5) is 27.9. The standard InChI is InChI=1S/C23H23Cl3N2O2/c1-22(2,3)11-14-12-28(21(26)30)19(13-5-4-6-15(24)9-13)23(14)17-8-7-16(25)10-18(17)27-20(23)29/h4-10,14,19H,11-12H2,1-3H3,(H,27,29)/t14-,19-,23+/m1/s1. The van der Waals surface area contributed by atoms with E-state index in [9.17, 15) is 9.59 Å². The number of carbonyl (C=O) groups excluding carboxylic acids is 2. The first-order valence-corrected chi connectivity index (χ1v) is 11.0. The molecule has 0 aliphatic carbocycles. The van der Waals surface area contributed by atoms with Crippen molar-refractivity contribution in [2.75, 3.05) is 11.9 Å². The van der Waals surface area contributed by atoms with E-state index in [1.807, 2.05) is 24.3 Å². The second-order valence-electron chi connectivity index (χ2n) is 9.34. The van der Waals surface area contributed by atoms with Crippen molar-refractivity contribution in [2.24, 2.45) is 11.3 Å². The highest BCUT2D eigenvalue weighted by molar-refractivity contribution is 6.62. The van der Waals surface area contributed by atoms with Crippen molar-refractivity contribution in [2.45, 2.75) is 38.6 Å². The van der Waals surface area contributed by atoms with E-state index in [2.05, 4.69) is 26.1 Å². The number of amides is 2. The molecular weight excluding hydrogens is 443 g/mol. The molecule has 7 heteroatoms. The van der Waals surface area contributed by atoms with Crippen molar-refractivity contribution in [3.63, 3.8) is 0 Å². The van der Waals surface area contributed by atoms with Gasteiger partial charge in [0.15, 0.2) is 0 Å². The van der Waals surface area contributed by atoms with Gasteiger partial charge in [0.05, 0.1) is 6.04 Å². The Hall–Kier alpha value is -1.75. The molecule has 158 valence electrons. The monoisotopic (exact) mass is 464 g/mol. The van der Waals surface area contributed by atoms with Crippen molar-refractivity contribution in [3.05, 3.63) is 63.6 Å². The number of nitrogens with zero attached hydrogens (tertiary/aromatic N) is 1. The third-order valence-electron chi connectivity index (χ3n) is 6.10. The van der Waals surface area contributed by atoms with Crippen LogP contribution in [0.25, 0.3) is 0 Å². The molecule has 1 fully saturated rings. The van der Waals surface area contributed by atoms with Crippen LogP contribution in [0.1, 0.15) is 44.4 Å². The molecule has 0 radical (unpaired) electrons. The Balaban J connectivity index is 2.00. The number of fused-ring (bicyclic) bond motifs is 2. The number of likely N-dealkylation sites (tertiary alicyclic amines) is 1. The molecule has 0 unspecified atom stereocenters. The summed E-state index contributed by atoms with van der Waals surface area (Å²) in [5.74, 6) is -0.272. The molecule has 2 aliphatic rings. The summed E-state index contributed by atoms with van der Waals surface area (Å²) in [7, 11) is 0. The minimum Gasteiger partial charge on any atom is -0.325 e. The van der Waals surface area contributed by atoms with Crippen LogP contribution in [0, 0.1) is 11.3 Å². The summed E-state index contributed by atoms with van der Waals surface area (Å²) < 4.78 is 0. The highest BCUT2D eigenvalue weighted by Gasteiger charge is 2.64. The normalized spacial score (nSPS) is 25.5. The Kier molecular flexibility index (Phi) is 5.32. The maximum Gasteiger partial charge on any atom is 0.316 e. The van der Waals surface area contributed by atoms with E-state index < -0.39 is 16.8 Å². The van der Waals surface area contributed by atoms with Crippen LogP contribution < -0.4 is 5.32 Å². The molecule has 2 aromatic rings. The molecule has 1 saturated heterocycles. The van der Waals surface area contributed by atoms with E-state index in [0.29, 0.717) is 22.3 Å². The van der Waals surface area contributed by atoms with Crippen LogP contribution in [0.5, 0.6) is 0 Å². The van der Waals surface area contributed by atoms with Crippen LogP contribution in [0.2, 0.25) is 10.0 Å². The first kappa shape index (κ1) is 21.5. The highest BCUT2D eigenvalue weighted by atomic mass is 35.5. The van der Waals surface area contributed by atoms with Gasteiger partial charge in [0, 0.05) is 22.3 Å². The fraction of sp³-hybridized carbons (Fsp3) is 0.391. The molecule has 4 rings (SSSR count). The van der Waals surface area contributed by atoms with Crippen LogP contribution in [-0.2, 0) is 10.2 Å². The van der Waals surface area contributed by atoms with E-state index in [0.717, 1.165) is 17.5 Å². The van der Waals surface area contributed by atoms with Gasteiger partial charge in [0.2, 0.25) is 5.91 Å². The maximum absolute atomic E-state index is 13.7. The molecule has 30 heavy (non-hydrogen) atoms. The fourth-order valence-corrected chi connectivity index (χ4v) is 5.76. The van der Waals surface area contributed by atoms with Gasteiger partial charge in [-0.25, -0.2) is 0 Å². The number of benzene rings is 2. The number of hydrogen-bond acceptors (Lipinski definition) is 2. The Bertz CT molecular complexity index is 1030. The molecule has 2 aliphatic heterocycles. The predicted molar refractivity (Wildman–Crippen MR) is 121 cm³/mol. The Morgan fingerprint density at radius 3 is 2.50 bits per heavy atom. The van der Waals surface area contributed by atoms with Gasteiger partial charge in [-0.15, -0.1) is 0 Å².